The van der Waals surface area contributed by atoms with Crippen LogP contribution >= 0.6 is 0 Å². The van der Waals surface area contributed by atoms with Gasteiger partial charge in [0.25, 0.3) is 0 Å². The van der Waals surface area contributed by atoms with Crippen LogP contribution in [0.4, 0.5) is 0 Å². The van der Waals surface area contributed by atoms with Gasteiger partial charge in [0.05, 0.1) is 0 Å². The van der Waals surface area contributed by atoms with Crippen LogP contribution < -0.4 is 0 Å². The second-order valence-electron chi connectivity index (χ2n) is 4.59. The normalized spacial score (nSPS) is 12.7. The Bertz CT molecular complexity index is 275. The molecule has 0 nitrogen and oxygen atoms in total. The number of aryl methyl sites for hydroxylation is 1. The van der Waals surface area contributed by atoms with Gasteiger partial charge in [0.1, 0.15) is 0 Å². The van der Waals surface area contributed by atoms with E-state index in [0.717, 1.165) is 5.92 Å². The lowest BCUT2D eigenvalue weighted by atomic mass is 9.93. The van der Waals surface area contributed by atoms with E-state index in [1.165, 1.54) is 32.1 Å². The van der Waals surface area contributed by atoms with E-state index in [2.05, 4.69) is 45.0 Å². The molecular formula is C15H24. The Labute approximate surface area is 94.7 Å². The minimum Gasteiger partial charge on any atom is -0.0654 e. The fraction of sp³-hybridized carbons (Fsp3) is 0.600. The van der Waals surface area contributed by atoms with Gasteiger partial charge in [-0.05, 0) is 36.3 Å². The molecule has 84 valence electrons. The van der Waals surface area contributed by atoms with Gasteiger partial charge in [0.2, 0.25) is 0 Å². The number of benzene rings is 1. The fourth-order valence-corrected chi connectivity index (χ4v) is 1.89. The van der Waals surface area contributed by atoms with Crippen LogP contribution in [0.15, 0.2) is 24.3 Å². The lowest BCUT2D eigenvalue weighted by molar-refractivity contribution is 0.557. The SMILES string of the molecule is CCCCc1ccccc1CC(C)CC. The molecule has 0 amide bonds. The average Bonchev–Trinajstić information content (AvgIpc) is 2.28. The van der Waals surface area contributed by atoms with E-state index in [9.17, 15) is 0 Å². The molecule has 0 heterocycles. The number of unbranched alkanes of at least 4 members (excludes halogenated alkanes) is 1. The monoisotopic (exact) mass is 204 g/mol. The standard InChI is InChI=1S/C15H24/c1-4-6-9-14-10-7-8-11-15(14)12-13(3)5-2/h7-8,10-11,13H,4-6,9,12H2,1-3H3. The molecule has 1 aromatic carbocycles. The molecule has 0 saturated carbocycles. The summed E-state index contributed by atoms with van der Waals surface area (Å²) < 4.78 is 0. The Balaban J connectivity index is 2.67. The predicted molar refractivity (Wildman–Crippen MR) is 68.2 cm³/mol. The van der Waals surface area contributed by atoms with E-state index in [-0.39, 0.29) is 0 Å². The summed E-state index contributed by atoms with van der Waals surface area (Å²) in [5, 5.41) is 0. The molecule has 15 heavy (non-hydrogen) atoms. The third-order valence-corrected chi connectivity index (χ3v) is 3.18. The van der Waals surface area contributed by atoms with Crippen molar-refractivity contribution in [2.45, 2.75) is 52.9 Å². The van der Waals surface area contributed by atoms with Gasteiger partial charge < -0.3 is 0 Å². The molecule has 1 unspecified atom stereocenters. The highest BCUT2D eigenvalue weighted by Crippen LogP contribution is 2.17. The molecule has 0 heteroatoms. The van der Waals surface area contributed by atoms with E-state index in [0.29, 0.717) is 0 Å². The van der Waals surface area contributed by atoms with E-state index in [1.54, 1.807) is 11.1 Å². The minimum atomic E-state index is 0.813. The summed E-state index contributed by atoms with van der Waals surface area (Å²) in [6, 6.07) is 8.95. The molecule has 1 atom stereocenters. The molecule has 1 aromatic rings. The van der Waals surface area contributed by atoms with E-state index in [1.807, 2.05) is 0 Å². The molecule has 0 N–H and O–H groups in total. The zero-order valence-electron chi connectivity index (χ0n) is 10.4. The van der Waals surface area contributed by atoms with Crippen LogP contribution in [0.1, 0.15) is 51.2 Å². The second-order valence-corrected chi connectivity index (χ2v) is 4.59. The summed E-state index contributed by atoms with van der Waals surface area (Å²) in [7, 11) is 0. The first-order chi connectivity index (χ1) is 7.27. The molecule has 0 radical (unpaired) electrons. The summed E-state index contributed by atoms with van der Waals surface area (Å²) in [6.07, 6.45) is 6.39. The van der Waals surface area contributed by atoms with Gasteiger partial charge in [-0.25, -0.2) is 0 Å². The molecule has 0 saturated heterocycles. The van der Waals surface area contributed by atoms with Crippen molar-refractivity contribution in [3.05, 3.63) is 35.4 Å². The first kappa shape index (κ1) is 12.3. The quantitative estimate of drug-likeness (QED) is 0.634. The first-order valence-electron chi connectivity index (χ1n) is 6.34. The average molecular weight is 204 g/mol. The summed E-state index contributed by atoms with van der Waals surface area (Å²) >= 11 is 0. The number of hydrogen-bond donors (Lipinski definition) is 0. The van der Waals surface area contributed by atoms with Crippen LogP contribution in [0.3, 0.4) is 0 Å². The Morgan fingerprint density at radius 2 is 1.73 bits per heavy atom. The summed E-state index contributed by atoms with van der Waals surface area (Å²) in [6.45, 7) is 6.88. The lowest BCUT2D eigenvalue weighted by Gasteiger charge is -2.12. The maximum absolute atomic E-state index is 2.34. The minimum absolute atomic E-state index is 0.813. The summed E-state index contributed by atoms with van der Waals surface area (Å²) in [5.74, 6) is 0.813. The highest BCUT2D eigenvalue weighted by atomic mass is 14.1. The van der Waals surface area contributed by atoms with E-state index >= 15 is 0 Å². The van der Waals surface area contributed by atoms with Crippen molar-refractivity contribution in [3.63, 3.8) is 0 Å². The van der Waals surface area contributed by atoms with E-state index < -0.39 is 0 Å². The molecule has 0 spiro atoms. The largest absolute Gasteiger partial charge is 0.0654 e. The Kier molecular flexibility index (Phi) is 5.45. The van der Waals surface area contributed by atoms with Gasteiger partial charge in [-0.2, -0.15) is 0 Å². The van der Waals surface area contributed by atoms with Gasteiger partial charge in [0.15, 0.2) is 0 Å². The van der Waals surface area contributed by atoms with Crippen molar-refractivity contribution in [3.8, 4) is 0 Å². The summed E-state index contributed by atoms with van der Waals surface area (Å²) in [5.41, 5.74) is 3.14. The molecule has 0 fully saturated rings. The van der Waals surface area contributed by atoms with Crippen LogP contribution in [0.5, 0.6) is 0 Å². The van der Waals surface area contributed by atoms with Gasteiger partial charge in [-0.15, -0.1) is 0 Å². The van der Waals surface area contributed by atoms with Crippen molar-refractivity contribution in [1.82, 2.24) is 0 Å². The lowest BCUT2D eigenvalue weighted by Crippen LogP contribution is -2.01. The predicted octanol–water partition coefficient (Wildman–Crippen LogP) is 4.62. The Hall–Kier alpha value is -0.780. The van der Waals surface area contributed by atoms with Crippen LogP contribution in [-0.4, -0.2) is 0 Å². The highest BCUT2D eigenvalue weighted by Gasteiger charge is 2.05. The zero-order chi connectivity index (χ0) is 11.1. The number of rotatable bonds is 6. The maximum Gasteiger partial charge on any atom is -0.0250 e. The Morgan fingerprint density at radius 1 is 1.07 bits per heavy atom. The third kappa shape index (κ3) is 4.07. The molecule has 0 aromatic heterocycles. The van der Waals surface area contributed by atoms with Crippen LogP contribution in [0.25, 0.3) is 0 Å². The molecule has 0 aliphatic heterocycles. The zero-order valence-corrected chi connectivity index (χ0v) is 10.4. The topological polar surface area (TPSA) is 0 Å². The van der Waals surface area contributed by atoms with Gasteiger partial charge >= 0.3 is 0 Å². The third-order valence-electron chi connectivity index (χ3n) is 3.18. The molecule has 1 rings (SSSR count). The van der Waals surface area contributed by atoms with Gasteiger partial charge in [0, 0.05) is 0 Å². The van der Waals surface area contributed by atoms with Crippen molar-refractivity contribution >= 4 is 0 Å². The number of hydrogen-bond acceptors (Lipinski definition) is 0. The van der Waals surface area contributed by atoms with Crippen LogP contribution in [0.2, 0.25) is 0 Å². The van der Waals surface area contributed by atoms with Crippen molar-refractivity contribution in [1.29, 1.82) is 0 Å². The van der Waals surface area contributed by atoms with Crippen molar-refractivity contribution in [2.24, 2.45) is 5.92 Å². The van der Waals surface area contributed by atoms with Crippen LogP contribution in [-0.2, 0) is 12.8 Å². The first-order valence-corrected chi connectivity index (χ1v) is 6.34. The summed E-state index contributed by atoms with van der Waals surface area (Å²) in [4.78, 5) is 0. The maximum atomic E-state index is 2.34. The molecule has 0 aliphatic carbocycles. The van der Waals surface area contributed by atoms with Gasteiger partial charge in [-0.1, -0.05) is 57.9 Å². The second kappa shape index (κ2) is 6.66. The van der Waals surface area contributed by atoms with Crippen LogP contribution in [0, 0.1) is 5.92 Å². The molecular weight excluding hydrogens is 180 g/mol. The fourth-order valence-electron chi connectivity index (χ4n) is 1.89. The van der Waals surface area contributed by atoms with Gasteiger partial charge in [-0.3, -0.25) is 0 Å². The highest BCUT2D eigenvalue weighted by molar-refractivity contribution is 5.27. The van der Waals surface area contributed by atoms with Crippen molar-refractivity contribution in [2.75, 3.05) is 0 Å². The smallest absolute Gasteiger partial charge is 0.0250 e. The molecule has 0 bridgehead atoms. The van der Waals surface area contributed by atoms with Crippen molar-refractivity contribution < 1.29 is 0 Å². The Morgan fingerprint density at radius 3 is 2.33 bits per heavy atom. The van der Waals surface area contributed by atoms with E-state index in [4.69, 9.17) is 0 Å². The molecule has 0 aliphatic rings.